The number of halogens is 3. The van der Waals surface area contributed by atoms with Gasteiger partial charge in [0.2, 0.25) is 5.96 Å². The molecule has 0 spiro atoms. The van der Waals surface area contributed by atoms with Gasteiger partial charge in [-0.3, -0.25) is 5.43 Å². The molecule has 1 unspecified atom stereocenters. The van der Waals surface area contributed by atoms with Crippen molar-refractivity contribution < 1.29 is 22.6 Å². The van der Waals surface area contributed by atoms with Crippen molar-refractivity contribution in [2.75, 3.05) is 19.0 Å². The van der Waals surface area contributed by atoms with Crippen LogP contribution in [0, 0.1) is 0 Å². The van der Waals surface area contributed by atoms with Crippen molar-refractivity contribution in [1.29, 1.82) is 0 Å². The van der Waals surface area contributed by atoms with Crippen molar-refractivity contribution in [3.05, 3.63) is 24.3 Å². The summed E-state index contributed by atoms with van der Waals surface area (Å²) in [4.78, 5) is 4.20. The minimum Gasteiger partial charge on any atom is -0.406 e. The maximum atomic E-state index is 12.0. The Morgan fingerprint density at radius 3 is 2.43 bits per heavy atom. The van der Waals surface area contributed by atoms with E-state index in [9.17, 15) is 13.2 Å². The number of rotatable bonds is 5. The predicted molar refractivity (Wildman–Crippen MR) is 72.8 cm³/mol. The SMILES string of the molecule is COCC(C)N=C(NN)Nc1ccc(OC(F)(F)F)cc1. The van der Waals surface area contributed by atoms with Crippen LogP contribution in [0.2, 0.25) is 0 Å². The van der Waals surface area contributed by atoms with Gasteiger partial charge in [-0.15, -0.1) is 13.2 Å². The minimum absolute atomic E-state index is 0.138. The monoisotopic (exact) mass is 306 g/mol. The Kier molecular flexibility index (Phi) is 6.25. The van der Waals surface area contributed by atoms with Gasteiger partial charge < -0.3 is 14.8 Å². The van der Waals surface area contributed by atoms with Gasteiger partial charge >= 0.3 is 6.36 Å². The van der Waals surface area contributed by atoms with Crippen LogP contribution in [-0.2, 0) is 4.74 Å². The summed E-state index contributed by atoms with van der Waals surface area (Å²) in [5.74, 6) is 5.28. The lowest BCUT2D eigenvalue weighted by Crippen LogP contribution is -2.37. The molecule has 0 aromatic heterocycles. The Balaban J connectivity index is 2.69. The molecule has 0 saturated carbocycles. The number of anilines is 1. The number of hydrogen-bond donors (Lipinski definition) is 3. The van der Waals surface area contributed by atoms with Gasteiger partial charge in [-0.25, -0.2) is 10.8 Å². The first-order valence-corrected chi connectivity index (χ1v) is 6.00. The standard InChI is InChI=1S/C12H17F3N4O2/c1-8(7-20-2)17-11(19-16)18-9-3-5-10(6-4-9)21-12(13,14)15/h3-6,8H,7,16H2,1-2H3,(H2,17,18,19). The first kappa shape index (κ1) is 17.1. The molecule has 1 aromatic rings. The van der Waals surface area contributed by atoms with E-state index < -0.39 is 6.36 Å². The van der Waals surface area contributed by atoms with Crippen LogP contribution in [0.1, 0.15) is 6.92 Å². The average molecular weight is 306 g/mol. The summed E-state index contributed by atoms with van der Waals surface area (Å²) >= 11 is 0. The van der Waals surface area contributed by atoms with Gasteiger partial charge in [0.25, 0.3) is 0 Å². The summed E-state index contributed by atoms with van der Waals surface area (Å²) in [5.41, 5.74) is 2.87. The van der Waals surface area contributed by atoms with E-state index >= 15 is 0 Å². The first-order valence-electron chi connectivity index (χ1n) is 6.00. The molecule has 21 heavy (non-hydrogen) atoms. The fourth-order valence-electron chi connectivity index (χ4n) is 1.48. The van der Waals surface area contributed by atoms with E-state index in [0.29, 0.717) is 12.3 Å². The molecule has 118 valence electrons. The molecule has 6 nitrogen and oxygen atoms in total. The molecule has 0 aliphatic rings. The van der Waals surface area contributed by atoms with Crippen molar-refractivity contribution >= 4 is 11.6 Å². The van der Waals surface area contributed by atoms with Gasteiger partial charge in [0.15, 0.2) is 0 Å². The van der Waals surface area contributed by atoms with Crippen molar-refractivity contribution in [1.82, 2.24) is 5.43 Å². The molecule has 0 aliphatic carbocycles. The largest absolute Gasteiger partial charge is 0.573 e. The zero-order chi connectivity index (χ0) is 15.9. The lowest BCUT2D eigenvalue weighted by Gasteiger charge is -2.13. The summed E-state index contributed by atoms with van der Waals surface area (Å²) in [5, 5.41) is 2.83. The Hall–Kier alpha value is -2.00. The zero-order valence-corrected chi connectivity index (χ0v) is 11.6. The lowest BCUT2D eigenvalue weighted by atomic mass is 10.3. The number of nitrogens with one attached hydrogen (secondary N) is 2. The van der Waals surface area contributed by atoms with E-state index in [2.05, 4.69) is 20.5 Å². The Morgan fingerprint density at radius 2 is 1.95 bits per heavy atom. The molecule has 0 bridgehead atoms. The molecule has 1 aromatic carbocycles. The summed E-state index contributed by atoms with van der Waals surface area (Å²) in [6.07, 6.45) is -4.71. The fraction of sp³-hybridized carbons (Fsp3) is 0.417. The van der Waals surface area contributed by atoms with Gasteiger partial charge in [-0.2, -0.15) is 0 Å². The van der Waals surface area contributed by atoms with Crippen molar-refractivity contribution in [3.8, 4) is 5.75 Å². The zero-order valence-electron chi connectivity index (χ0n) is 11.6. The molecule has 1 rings (SSSR count). The van der Waals surface area contributed by atoms with E-state index in [1.54, 1.807) is 7.11 Å². The number of hydrazine groups is 1. The number of alkyl halides is 3. The van der Waals surface area contributed by atoms with Crippen LogP contribution in [0.15, 0.2) is 29.3 Å². The van der Waals surface area contributed by atoms with Crippen LogP contribution >= 0.6 is 0 Å². The maximum absolute atomic E-state index is 12.0. The molecule has 0 fully saturated rings. The molecule has 1 atom stereocenters. The molecule has 0 radical (unpaired) electrons. The molecular weight excluding hydrogens is 289 g/mol. The third-order valence-corrected chi connectivity index (χ3v) is 2.24. The predicted octanol–water partition coefficient (Wildman–Crippen LogP) is 1.85. The van der Waals surface area contributed by atoms with E-state index in [1.165, 1.54) is 24.3 Å². The Bertz CT molecular complexity index is 463. The highest BCUT2D eigenvalue weighted by Crippen LogP contribution is 2.23. The third kappa shape index (κ3) is 6.82. The smallest absolute Gasteiger partial charge is 0.406 e. The van der Waals surface area contributed by atoms with Crippen LogP contribution in [0.4, 0.5) is 18.9 Å². The number of nitrogens with zero attached hydrogens (tertiary/aromatic N) is 1. The molecule has 9 heteroatoms. The number of methoxy groups -OCH3 is 1. The normalized spacial score (nSPS) is 13.7. The van der Waals surface area contributed by atoms with Crippen LogP contribution in [0.3, 0.4) is 0 Å². The highest BCUT2D eigenvalue weighted by atomic mass is 19.4. The third-order valence-electron chi connectivity index (χ3n) is 2.24. The number of hydrogen-bond acceptors (Lipinski definition) is 4. The summed E-state index contributed by atoms with van der Waals surface area (Å²) in [6.45, 7) is 2.23. The number of benzene rings is 1. The highest BCUT2D eigenvalue weighted by Gasteiger charge is 2.30. The van der Waals surface area contributed by atoms with E-state index in [1.807, 2.05) is 6.92 Å². The Labute approximate surface area is 120 Å². The van der Waals surface area contributed by atoms with Crippen LogP contribution < -0.4 is 21.3 Å². The lowest BCUT2D eigenvalue weighted by molar-refractivity contribution is -0.274. The first-order chi connectivity index (χ1) is 9.84. The average Bonchev–Trinajstić information content (AvgIpc) is 2.38. The number of ether oxygens (including phenoxy) is 2. The van der Waals surface area contributed by atoms with Gasteiger partial charge in [-0.05, 0) is 31.2 Å². The van der Waals surface area contributed by atoms with Crippen molar-refractivity contribution in [2.45, 2.75) is 19.3 Å². The molecule has 4 N–H and O–H groups in total. The van der Waals surface area contributed by atoms with Gasteiger partial charge in [-0.1, -0.05) is 0 Å². The summed E-state index contributed by atoms with van der Waals surface area (Å²) < 4.78 is 44.8. The number of guanidine groups is 1. The maximum Gasteiger partial charge on any atom is 0.573 e. The van der Waals surface area contributed by atoms with E-state index in [-0.39, 0.29) is 17.8 Å². The quantitative estimate of drug-likeness (QED) is 0.335. The molecule has 0 amide bonds. The summed E-state index contributed by atoms with van der Waals surface area (Å²) in [6, 6.07) is 5.05. The highest BCUT2D eigenvalue weighted by molar-refractivity contribution is 5.93. The van der Waals surface area contributed by atoms with Crippen LogP contribution in [0.5, 0.6) is 5.75 Å². The second-order valence-corrected chi connectivity index (χ2v) is 4.12. The molecule has 0 aliphatic heterocycles. The number of aliphatic imine (C=N–C) groups is 1. The number of nitrogens with two attached hydrogens (primary N) is 1. The minimum atomic E-state index is -4.71. The second kappa shape index (κ2) is 7.70. The van der Waals surface area contributed by atoms with Gasteiger partial charge in [0.1, 0.15) is 5.75 Å². The molecular formula is C12H17F3N4O2. The Morgan fingerprint density at radius 1 is 1.33 bits per heavy atom. The summed E-state index contributed by atoms with van der Waals surface area (Å²) in [7, 11) is 1.55. The van der Waals surface area contributed by atoms with Crippen molar-refractivity contribution in [3.63, 3.8) is 0 Å². The van der Waals surface area contributed by atoms with Crippen LogP contribution in [0.25, 0.3) is 0 Å². The fourth-order valence-corrected chi connectivity index (χ4v) is 1.48. The molecule has 0 saturated heterocycles. The van der Waals surface area contributed by atoms with Crippen molar-refractivity contribution in [2.24, 2.45) is 10.8 Å². The van der Waals surface area contributed by atoms with Crippen LogP contribution in [-0.4, -0.2) is 32.1 Å². The molecule has 0 heterocycles. The van der Waals surface area contributed by atoms with E-state index in [0.717, 1.165) is 0 Å². The van der Waals surface area contributed by atoms with E-state index in [4.69, 9.17) is 10.6 Å². The second-order valence-electron chi connectivity index (χ2n) is 4.12. The van der Waals surface area contributed by atoms with Gasteiger partial charge in [0, 0.05) is 12.8 Å². The topological polar surface area (TPSA) is 80.9 Å². The van der Waals surface area contributed by atoms with Gasteiger partial charge in [0.05, 0.1) is 12.6 Å².